The number of ether oxygens (including phenoxy) is 1. The van der Waals surface area contributed by atoms with Crippen LogP contribution in [0.15, 0.2) is 57.2 Å². The fourth-order valence-corrected chi connectivity index (χ4v) is 2.83. The molecule has 0 radical (unpaired) electrons. The van der Waals surface area contributed by atoms with Crippen LogP contribution in [0.2, 0.25) is 0 Å². The van der Waals surface area contributed by atoms with Crippen molar-refractivity contribution in [3.05, 3.63) is 86.3 Å². The highest BCUT2D eigenvalue weighted by molar-refractivity contribution is 5.98. The van der Waals surface area contributed by atoms with Crippen molar-refractivity contribution in [1.29, 1.82) is 5.26 Å². The van der Waals surface area contributed by atoms with Crippen LogP contribution in [0.25, 0.3) is 17.0 Å². The molecule has 0 bridgehead atoms. The van der Waals surface area contributed by atoms with Gasteiger partial charge in [-0.3, -0.25) is 0 Å². The third-order valence-corrected chi connectivity index (χ3v) is 4.60. The molecule has 0 N–H and O–H groups in total. The quantitative estimate of drug-likeness (QED) is 0.294. The zero-order valence-corrected chi connectivity index (χ0v) is 15.9. The Labute approximate surface area is 162 Å². The highest BCUT2D eigenvalue weighted by atomic mass is 16.5. The molecule has 5 nitrogen and oxygen atoms in total. The molecule has 0 aliphatic carbocycles. The molecule has 0 amide bonds. The summed E-state index contributed by atoms with van der Waals surface area (Å²) in [5.41, 5.74) is 4.07. The number of nitrogens with zero attached hydrogens (tertiary/aromatic N) is 1. The van der Waals surface area contributed by atoms with Crippen LogP contribution in [0.3, 0.4) is 0 Å². The predicted molar refractivity (Wildman–Crippen MR) is 107 cm³/mol. The molecule has 0 aliphatic heterocycles. The number of rotatable bonds is 4. The molecule has 2 aromatic carbocycles. The van der Waals surface area contributed by atoms with Crippen molar-refractivity contribution in [2.45, 2.75) is 27.4 Å². The Morgan fingerprint density at radius 1 is 1.14 bits per heavy atom. The van der Waals surface area contributed by atoms with Crippen molar-refractivity contribution in [2.24, 2.45) is 0 Å². The third-order valence-electron chi connectivity index (χ3n) is 4.60. The Kier molecular flexibility index (Phi) is 5.42. The predicted octanol–water partition coefficient (Wildman–Crippen LogP) is 4.37. The summed E-state index contributed by atoms with van der Waals surface area (Å²) >= 11 is 0. The summed E-state index contributed by atoms with van der Waals surface area (Å²) in [5.74, 6) is -0.742. The first-order valence-electron chi connectivity index (χ1n) is 8.77. The van der Waals surface area contributed by atoms with E-state index in [1.165, 1.54) is 12.1 Å². The first kappa shape index (κ1) is 19.1. The molecule has 1 aromatic heterocycles. The van der Waals surface area contributed by atoms with E-state index in [1.54, 1.807) is 0 Å². The SMILES string of the molecule is Cc1ccc(/C=C(\C#N)C(=O)OCc2cc(=O)oc3c(C)c(C)ccc23)cc1. The normalized spacial score (nSPS) is 11.3. The van der Waals surface area contributed by atoms with Crippen molar-refractivity contribution >= 4 is 23.0 Å². The number of nitriles is 1. The molecule has 0 saturated carbocycles. The lowest BCUT2D eigenvalue weighted by atomic mass is 10.0. The minimum atomic E-state index is -0.742. The van der Waals surface area contributed by atoms with E-state index in [0.717, 1.165) is 22.3 Å². The zero-order valence-electron chi connectivity index (χ0n) is 15.9. The van der Waals surface area contributed by atoms with E-state index in [-0.39, 0.29) is 12.2 Å². The van der Waals surface area contributed by atoms with Crippen LogP contribution in [0.5, 0.6) is 0 Å². The molecule has 0 spiro atoms. The maximum atomic E-state index is 12.3. The lowest BCUT2D eigenvalue weighted by Gasteiger charge is -2.09. The maximum Gasteiger partial charge on any atom is 0.349 e. The summed E-state index contributed by atoms with van der Waals surface area (Å²) in [6.45, 7) is 5.62. The monoisotopic (exact) mass is 373 g/mol. The minimum absolute atomic E-state index is 0.108. The number of esters is 1. The summed E-state index contributed by atoms with van der Waals surface area (Å²) in [6, 6.07) is 14.4. The van der Waals surface area contributed by atoms with Crippen LogP contribution >= 0.6 is 0 Å². The van der Waals surface area contributed by atoms with Crippen molar-refractivity contribution in [1.82, 2.24) is 0 Å². The molecule has 3 rings (SSSR count). The van der Waals surface area contributed by atoms with Crippen LogP contribution in [0.1, 0.15) is 27.8 Å². The van der Waals surface area contributed by atoms with E-state index < -0.39 is 11.6 Å². The van der Waals surface area contributed by atoms with Gasteiger partial charge in [0, 0.05) is 17.0 Å². The highest BCUT2D eigenvalue weighted by Crippen LogP contribution is 2.24. The Balaban J connectivity index is 1.86. The van der Waals surface area contributed by atoms with Crippen molar-refractivity contribution in [3.63, 3.8) is 0 Å². The molecule has 0 atom stereocenters. The highest BCUT2D eigenvalue weighted by Gasteiger charge is 2.14. The van der Waals surface area contributed by atoms with E-state index in [4.69, 9.17) is 9.15 Å². The molecular formula is C23H19NO4. The number of carbonyl (C=O) groups is 1. The van der Waals surface area contributed by atoms with Gasteiger partial charge in [0.25, 0.3) is 0 Å². The summed E-state index contributed by atoms with van der Waals surface area (Å²) < 4.78 is 10.6. The van der Waals surface area contributed by atoms with E-state index in [9.17, 15) is 14.9 Å². The number of hydrogen-bond donors (Lipinski definition) is 0. The van der Waals surface area contributed by atoms with Crippen LogP contribution < -0.4 is 5.63 Å². The number of hydrogen-bond acceptors (Lipinski definition) is 5. The fourth-order valence-electron chi connectivity index (χ4n) is 2.83. The van der Waals surface area contributed by atoms with Gasteiger partial charge in [0.05, 0.1) is 0 Å². The van der Waals surface area contributed by atoms with Crippen LogP contribution in [0.4, 0.5) is 0 Å². The van der Waals surface area contributed by atoms with Crippen molar-refractivity contribution < 1.29 is 13.9 Å². The maximum absolute atomic E-state index is 12.3. The lowest BCUT2D eigenvalue weighted by molar-refractivity contribution is -0.139. The summed E-state index contributed by atoms with van der Waals surface area (Å²) in [4.78, 5) is 24.2. The van der Waals surface area contributed by atoms with E-state index in [0.29, 0.717) is 16.5 Å². The second kappa shape index (κ2) is 7.93. The Morgan fingerprint density at radius 2 is 1.86 bits per heavy atom. The Morgan fingerprint density at radius 3 is 2.54 bits per heavy atom. The summed E-state index contributed by atoms with van der Waals surface area (Å²) in [5, 5.41) is 10.0. The van der Waals surface area contributed by atoms with Gasteiger partial charge >= 0.3 is 11.6 Å². The largest absolute Gasteiger partial charge is 0.457 e. The fraction of sp³-hybridized carbons (Fsp3) is 0.174. The molecule has 28 heavy (non-hydrogen) atoms. The van der Waals surface area contributed by atoms with Gasteiger partial charge in [-0.2, -0.15) is 5.26 Å². The molecule has 5 heteroatoms. The molecule has 140 valence electrons. The van der Waals surface area contributed by atoms with Crippen LogP contribution in [0, 0.1) is 32.1 Å². The van der Waals surface area contributed by atoms with Gasteiger partial charge in [0.1, 0.15) is 23.8 Å². The van der Waals surface area contributed by atoms with Gasteiger partial charge in [-0.15, -0.1) is 0 Å². The van der Waals surface area contributed by atoms with Crippen molar-refractivity contribution in [3.8, 4) is 6.07 Å². The molecular weight excluding hydrogens is 354 g/mol. The molecule has 0 fully saturated rings. The van der Waals surface area contributed by atoms with Gasteiger partial charge in [0.15, 0.2) is 0 Å². The number of benzene rings is 2. The molecule has 0 saturated heterocycles. The number of aryl methyl sites for hydroxylation is 3. The van der Waals surface area contributed by atoms with Crippen molar-refractivity contribution in [2.75, 3.05) is 0 Å². The third kappa shape index (κ3) is 4.02. The smallest absolute Gasteiger partial charge is 0.349 e. The summed E-state index contributed by atoms with van der Waals surface area (Å²) in [7, 11) is 0. The second-order valence-corrected chi connectivity index (χ2v) is 6.63. The number of carbonyl (C=O) groups excluding carboxylic acids is 1. The van der Waals surface area contributed by atoms with Gasteiger partial charge in [-0.25, -0.2) is 9.59 Å². The topological polar surface area (TPSA) is 80.3 Å². The van der Waals surface area contributed by atoms with Gasteiger partial charge < -0.3 is 9.15 Å². The first-order valence-corrected chi connectivity index (χ1v) is 8.77. The second-order valence-electron chi connectivity index (χ2n) is 6.63. The lowest BCUT2D eigenvalue weighted by Crippen LogP contribution is -2.09. The Bertz CT molecular complexity index is 1180. The molecule has 1 heterocycles. The number of fused-ring (bicyclic) bond motifs is 1. The summed E-state index contributed by atoms with van der Waals surface area (Å²) in [6.07, 6.45) is 1.48. The average molecular weight is 373 g/mol. The van der Waals surface area contributed by atoms with Gasteiger partial charge in [0.2, 0.25) is 0 Å². The van der Waals surface area contributed by atoms with E-state index in [2.05, 4.69) is 0 Å². The standard InChI is InChI=1S/C23H19NO4/c1-14-4-7-17(8-5-14)10-18(12-24)23(26)27-13-19-11-21(25)28-22-16(3)15(2)6-9-20(19)22/h4-11H,13H2,1-3H3/b18-10+. The zero-order chi connectivity index (χ0) is 20.3. The molecule has 3 aromatic rings. The minimum Gasteiger partial charge on any atom is -0.457 e. The Hall–Kier alpha value is -3.65. The van der Waals surface area contributed by atoms with Gasteiger partial charge in [-0.1, -0.05) is 42.0 Å². The van der Waals surface area contributed by atoms with E-state index in [1.807, 2.05) is 63.2 Å². The molecule has 0 unspecified atom stereocenters. The van der Waals surface area contributed by atoms with E-state index >= 15 is 0 Å². The first-order chi connectivity index (χ1) is 13.4. The van der Waals surface area contributed by atoms with Crippen LogP contribution in [-0.2, 0) is 16.1 Å². The van der Waals surface area contributed by atoms with Gasteiger partial charge in [-0.05, 0) is 43.5 Å². The van der Waals surface area contributed by atoms with Crippen LogP contribution in [-0.4, -0.2) is 5.97 Å². The molecule has 0 aliphatic rings. The average Bonchev–Trinajstić information content (AvgIpc) is 2.68.